The molecule has 1 aromatic heterocycles. The second-order valence-electron chi connectivity index (χ2n) is 5.91. The fourth-order valence-corrected chi connectivity index (χ4v) is 3.31. The van der Waals surface area contributed by atoms with Gasteiger partial charge in [0.15, 0.2) is 0 Å². The Bertz CT molecular complexity index is 648. The fraction of sp³-hybridized carbons (Fsp3) is 0.389. The maximum atomic E-state index is 5.28. The zero-order chi connectivity index (χ0) is 14.7. The summed E-state index contributed by atoms with van der Waals surface area (Å²) >= 11 is 5.28. The molecule has 1 N–H and O–H groups in total. The van der Waals surface area contributed by atoms with Crippen LogP contribution in [0.15, 0.2) is 42.6 Å². The van der Waals surface area contributed by atoms with Gasteiger partial charge in [-0.15, -0.1) is 0 Å². The lowest BCUT2D eigenvalue weighted by Gasteiger charge is -2.36. The number of piperidine rings is 1. The van der Waals surface area contributed by atoms with Crippen molar-refractivity contribution in [3.63, 3.8) is 0 Å². The molecule has 0 radical (unpaired) electrons. The second kappa shape index (κ2) is 6.54. The Balaban J connectivity index is 1.84. The number of aryl methyl sites for hydroxylation is 1. The number of nitrogens with zero attached hydrogens (tertiary/aromatic N) is 1. The first-order valence-electron chi connectivity index (χ1n) is 7.71. The number of likely N-dealkylation sites (tertiary alicyclic amines) is 1. The molecular formula is C18H22N2S. The van der Waals surface area contributed by atoms with Gasteiger partial charge in [0.1, 0.15) is 4.64 Å². The minimum atomic E-state index is 0.504. The summed E-state index contributed by atoms with van der Waals surface area (Å²) in [6.45, 7) is 4.29. The molecule has 3 heteroatoms. The van der Waals surface area contributed by atoms with Crippen LogP contribution < -0.4 is 0 Å². The van der Waals surface area contributed by atoms with Crippen LogP contribution in [0.4, 0.5) is 0 Å². The first-order valence-corrected chi connectivity index (χ1v) is 8.12. The van der Waals surface area contributed by atoms with E-state index >= 15 is 0 Å². The van der Waals surface area contributed by atoms with Gasteiger partial charge in [0.25, 0.3) is 0 Å². The molecule has 3 rings (SSSR count). The highest BCUT2D eigenvalue weighted by Gasteiger charge is 2.24. The Hall–Kier alpha value is -1.45. The van der Waals surface area contributed by atoms with Crippen molar-refractivity contribution in [2.45, 2.75) is 38.8 Å². The maximum absolute atomic E-state index is 5.28. The lowest BCUT2D eigenvalue weighted by molar-refractivity contribution is 0.140. The summed E-state index contributed by atoms with van der Waals surface area (Å²) in [5, 5.41) is 0. The van der Waals surface area contributed by atoms with Crippen LogP contribution in [0.1, 0.15) is 42.0 Å². The van der Waals surface area contributed by atoms with Gasteiger partial charge in [-0.05, 0) is 43.0 Å². The number of aromatic nitrogens is 1. The highest BCUT2D eigenvalue weighted by molar-refractivity contribution is 7.71. The van der Waals surface area contributed by atoms with Gasteiger partial charge >= 0.3 is 0 Å². The van der Waals surface area contributed by atoms with Crippen molar-refractivity contribution in [2.24, 2.45) is 0 Å². The molecule has 2 heterocycles. The van der Waals surface area contributed by atoms with E-state index in [9.17, 15) is 0 Å². The van der Waals surface area contributed by atoms with Crippen LogP contribution in [0.3, 0.4) is 0 Å². The minimum Gasteiger partial charge on any atom is -0.352 e. The Morgan fingerprint density at radius 1 is 1.24 bits per heavy atom. The molecule has 0 amide bonds. The lowest BCUT2D eigenvalue weighted by atomic mass is 9.95. The van der Waals surface area contributed by atoms with Crippen molar-refractivity contribution >= 4 is 12.2 Å². The van der Waals surface area contributed by atoms with Crippen LogP contribution in [-0.4, -0.2) is 16.4 Å². The zero-order valence-corrected chi connectivity index (χ0v) is 13.3. The lowest BCUT2D eigenvalue weighted by Crippen LogP contribution is -2.33. The molecule has 0 aliphatic carbocycles. The maximum Gasteiger partial charge on any atom is 0.106 e. The molecule has 0 spiro atoms. The van der Waals surface area contributed by atoms with Crippen molar-refractivity contribution in [1.82, 2.24) is 9.88 Å². The molecule has 1 saturated heterocycles. The van der Waals surface area contributed by atoms with Crippen LogP contribution in [0.25, 0.3) is 0 Å². The summed E-state index contributed by atoms with van der Waals surface area (Å²) in [4.78, 5) is 5.84. The van der Waals surface area contributed by atoms with E-state index in [0.29, 0.717) is 6.04 Å². The average Bonchev–Trinajstić information content (AvgIpc) is 2.52. The predicted molar refractivity (Wildman–Crippen MR) is 89.8 cm³/mol. The Labute approximate surface area is 131 Å². The van der Waals surface area contributed by atoms with E-state index in [0.717, 1.165) is 11.2 Å². The summed E-state index contributed by atoms with van der Waals surface area (Å²) in [6, 6.07) is 13.5. The quantitative estimate of drug-likeness (QED) is 0.822. The normalized spacial score (nSPS) is 19.6. The average molecular weight is 298 g/mol. The third-order valence-electron chi connectivity index (χ3n) is 4.34. The SMILES string of the molecule is Cc1cc(C2CCCCN2Cc2ccccc2)c[nH]c1=S. The van der Waals surface area contributed by atoms with Gasteiger partial charge in [-0.25, -0.2) is 0 Å². The number of benzene rings is 1. The van der Waals surface area contributed by atoms with Crippen molar-refractivity contribution in [3.05, 3.63) is 63.9 Å². The zero-order valence-electron chi connectivity index (χ0n) is 12.5. The highest BCUT2D eigenvalue weighted by atomic mass is 32.1. The number of nitrogens with one attached hydrogen (secondary N) is 1. The summed E-state index contributed by atoms with van der Waals surface area (Å²) < 4.78 is 0.851. The molecule has 110 valence electrons. The number of H-pyrrole nitrogens is 1. The molecule has 1 aliphatic rings. The predicted octanol–water partition coefficient (Wildman–Crippen LogP) is 4.78. The van der Waals surface area contributed by atoms with Crippen LogP contribution in [0.5, 0.6) is 0 Å². The monoisotopic (exact) mass is 298 g/mol. The molecule has 1 unspecified atom stereocenters. The molecule has 0 saturated carbocycles. The van der Waals surface area contributed by atoms with Crippen LogP contribution >= 0.6 is 12.2 Å². The molecule has 1 fully saturated rings. The topological polar surface area (TPSA) is 19.0 Å². The summed E-state index contributed by atoms with van der Waals surface area (Å²) in [5.41, 5.74) is 3.94. The van der Waals surface area contributed by atoms with Crippen molar-refractivity contribution in [2.75, 3.05) is 6.54 Å². The van der Waals surface area contributed by atoms with Crippen molar-refractivity contribution < 1.29 is 0 Å². The number of pyridine rings is 1. The van der Waals surface area contributed by atoms with Gasteiger partial charge in [0.05, 0.1) is 0 Å². The second-order valence-corrected chi connectivity index (χ2v) is 6.32. The summed E-state index contributed by atoms with van der Waals surface area (Å²) in [5.74, 6) is 0. The van der Waals surface area contributed by atoms with E-state index in [-0.39, 0.29) is 0 Å². The molecule has 1 aliphatic heterocycles. The van der Waals surface area contributed by atoms with E-state index < -0.39 is 0 Å². The summed E-state index contributed by atoms with van der Waals surface area (Å²) in [6.07, 6.45) is 5.94. The van der Waals surface area contributed by atoms with E-state index in [1.807, 2.05) is 0 Å². The van der Waals surface area contributed by atoms with Crippen LogP contribution in [-0.2, 0) is 6.54 Å². The Morgan fingerprint density at radius 2 is 2.05 bits per heavy atom. The third kappa shape index (κ3) is 3.42. The van der Waals surface area contributed by atoms with Gasteiger partial charge < -0.3 is 4.98 Å². The van der Waals surface area contributed by atoms with Crippen LogP contribution in [0.2, 0.25) is 0 Å². The number of aromatic amines is 1. The fourth-order valence-electron chi connectivity index (χ4n) is 3.19. The van der Waals surface area contributed by atoms with Crippen LogP contribution in [0, 0.1) is 11.6 Å². The molecule has 1 atom stereocenters. The van der Waals surface area contributed by atoms with E-state index in [2.05, 4.69) is 59.4 Å². The van der Waals surface area contributed by atoms with Gasteiger partial charge in [-0.3, -0.25) is 4.90 Å². The highest BCUT2D eigenvalue weighted by Crippen LogP contribution is 2.32. The summed E-state index contributed by atoms with van der Waals surface area (Å²) in [7, 11) is 0. The van der Waals surface area contributed by atoms with Crippen molar-refractivity contribution in [1.29, 1.82) is 0 Å². The van der Waals surface area contributed by atoms with E-state index in [1.165, 1.54) is 42.5 Å². The molecular weight excluding hydrogens is 276 g/mol. The first-order chi connectivity index (χ1) is 10.2. The number of hydrogen-bond acceptors (Lipinski definition) is 2. The smallest absolute Gasteiger partial charge is 0.106 e. The number of hydrogen-bond donors (Lipinski definition) is 1. The van der Waals surface area contributed by atoms with Gasteiger partial charge in [-0.2, -0.15) is 0 Å². The van der Waals surface area contributed by atoms with E-state index in [4.69, 9.17) is 12.2 Å². The molecule has 2 aromatic rings. The minimum absolute atomic E-state index is 0.504. The number of rotatable bonds is 3. The Kier molecular flexibility index (Phi) is 4.51. The first kappa shape index (κ1) is 14.5. The van der Waals surface area contributed by atoms with Gasteiger partial charge in [0.2, 0.25) is 0 Å². The standard InChI is InChI=1S/C18H22N2S/c1-14-11-16(12-19-18(14)21)17-9-5-6-10-20(17)13-15-7-3-2-4-8-15/h2-4,7-8,11-12,17H,5-6,9-10,13H2,1H3,(H,19,21). The van der Waals surface area contributed by atoms with E-state index in [1.54, 1.807) is 0 Å². The molecule has 1 aromatic carbocycles. The Morgan fingerprint density at radius 3 is 2.81 bits per heavy atom. The molecule has 21 heavy (non-hydrogen) atoms. The molecule has 0 bridgehead atoms. The van der Waals surface area contributed by atoms with Crippen molar-refractivity contribution in [3.8, 4) is 0 Å². The largest absolute Gasteiger partial charge is 0.352 e. The van der Waals surface area contributed by atoms with Gasteiger partial charge in [0, 0.05) is 18.8 Å². The molecule has 2 nitrogen and oxygen atoms in total. The van der Waals surface area contributed by atoms with Gasteiger partial charge in [-0.1, -0.05) is 55.0 Å². The third-order valence-corrected chi connectivity index (χ3v) is 4.78.